The summed E-state index contributed by atoms with van der Waals surface area (Å²) in [6, 6.07) is 7.66. The fourth-order valence-electron chi connectivity index (χ4n) is 2.27. The van der Waals surface area contributed by atoms with Gasteiger partial charge in [0, 0.05) is 24.3 Å². The van der Waals surface area contributed by atoms with Gasteiger partial charge in [0.05, 0.1) is 17.7 Å². The van der Waals surface area contributed by atoms with Gasteiger partial charge in [-0.2, -0.15) is 5.26 Å². The number of hydrogen-bond donors (Lipinski definition) is 1. The van der Waals surface area contributed by atoms with Gasteiger partial charge in [-0.05, 0) is 53.0 Å². The van der Waals surface area contributed by atoms with Crippen LogP contribution in [-0.4, -0.2) is 43.7 Å². The first-order chi connectivity index (χ1) is 9.49. The van der Waals surface area contributed by atoms with E-state index >= 15 is 0 Å². The Kier molecular flexibility index (Phi) is 6.50. The van der Waals surface area contributed by atoms with Crippen LogP contribution in [0, 0.1) is 11.3 Å². The summed E-state index contributed by atoms with van der Waals surface area (Å²) in [5.41, 5.74) is 2.49. The molecule has 4 nitrogen and oxygen atoms in total. The zero-order valence-electron chi connectivity index (χ0n) is 12.9. The molecule has 1 rings (SSSR count). The van der Waals surface area contributed by atoms with Gasteiger partial charge in [0.25, 0.3) is 0 Å². The minimum absolute atomic E-state index is 0.527. The van der Waals surface area contributed by atoms with Crippen LogP contribution in [0.25, 0.3) is 0 Å². The van der Waals surface area contributed by atoms with E-state index in [9.17, 15) is 5.11 Å². The summed E-state index contributed by atoms with van der Waals surface area (Å²) in [4.78, 5) is 4.39. The lowest BCUT2D eigenvalue weighted by atomic mass is 10.0. The standard InChI is InChI=1S/C16H25N3O/c1-5-19(10-6-9-18(3)4)16-11-14(12-17)7-8-15(16)13(2)20/h7-8,11,13,20H,5-6,9-10H2,1-4H3/t13-/m0/s1. The molecule has 0 amide bonds. The minimum atomic E-state index is -0.527. The Morgan fingerprint density at radius 1 is 1.30 bits per heavy atom. The predicted molar refractivity (Wildman–Crippen MR) is 82.8 cm³/mol. The topological polar surface area (TPSA) is 50.5 Å². The van der Waals surface area contributed by atoms with Crippen LogP contribution in [-0.2, 0) is 0 Å². The van der Waals surface area contributed by atoms with Crippen molar-refractivity contribution in [1.29, 1.82) is 5.26 Å². The Hall–Kier alpha value is -1.57. The summed E-state index contributed by atoms with van der Waals surface area (Å²) in [5, 5.41) is 19.0. The van der Waals surface area contributed by atoms with Gasteiger partial charge in [0.1, 0.15) is 0 Å². The van der Waals surface area contributed by atoms with Crippen molar-refractivity contribution < 1.29 is 5.11 Å². The average Bonchev–Trinajstić information content (AvgIpc) is 2.42. The van der Waals surface area contributed by atoms with Gasteiger partial charge in [-0.1, -0.05) is 6.07 Å². The van der Waals surface area contributed by atoms with E-state index in [0.717, 1.165) is 37.3 Å². The van der Waals surface area contributed by atoms with Crippen LogP contribution < -0.4 is 4.90 Å². The summed E-state index contributed by atoms with van der Waals surface area (Å²) in [6.07, 6.45) is 0.525. The highest BCUT2D eigenvalue weighted by Crippen LogP contribution is 2.27. The minimum Gasteiger partial charge on any atom is -0.389 e. The molecule has 0 aliphatic rings. The number of rotatable bonds is 7. The monoisotopic (exact) mass is 275 g/mol. The lowest BCUT2D eigenvalue weighted by molar-refractivity contribution is 0.199. The fourth-order valence-corrected chi connectivity index (χ4v) is 2.27. The second-order valence-corrected chi connectivity index (χ2v) is 5.30. The smallest absolute Gasteiger partial charge is 0.0992 e. The highest BCUT2D eigenvalue weighted by Gasteiger charge is 2.14. The molecule has 0 fully saturated rings. The Labute approximate surface area is 122 Å². The van der Waals surface area contributed by atoms with E-state index in [1.807, 2.05) is 12.1 Å². The molecule has 1 aromatic rings. The van der Waals surface area contributed by atoms with Crippen LogP contribution in [0.4, 0.5) is 5.69 Å². The van der Waals surface area contributed by atoms with Crippen molar-refractivity contribution >= 4 is 5.69 Å². The van der Waals surface area contributed by atoms with Crippen molar-refractivity contribution in [3.8, 4) is 6.07 Å². The molecule has 0 aromatic heterocycles. The maximum atomic E-state index is 9.91. The van der Waals surface area contributed by atoms with E-state index in [4.69, 9.17) is 5.26 Å². The second kappa shape index (κ2) is 7.88. The summed E-state index contributed by atoms with van der Waals surface area (Å²) < 4.78 is 0. The van der Waals surface area contributed by atoms with Crippen LogP contribution in [0.3, 0.4) is 0 Å². The molecule has 1 N–H and O–H groups in total. The number of nitrogens with zero attached hydrogens (tertiary/aromatic N) is 3. The zero-order valence-corrected chi connectivity index (χ0v) is 12.9. The summed E-state index contributed by atoms with van der Waals surface area (Å²) in [5.74, 6) is 0. The molecule has 0 bridgehead atoms. The van der Waals surface area contributed by atoms with Crippen molar-refractivity contribution in [2.45, 2.75) is 26.4 Å². The maximum Gasteiger partial charge on any atom is 0.0992 e. The third-order valence-electron chi connectivity index (χ3n) is 3.37. The summed E-state index contributed by atoms with van der Waals surface area (Å²) in [6.45, 7) is 6.67. The molecule has 0 aliphatic heterocycles. The summed E-state index contributed by atoms with van der Waals surface area (Å²) in [7, 11) is 4.13. The lowest BCUT2D eigenvalue weighted by Crippen LogP contribution is -2.28. The Morgan fingerprint density at radius 2 is 2.00 bits per heavy atom. The number of benzene rings is 1. The molecule has 0 saturated heterocycles. The number of nitriles is 1. The lowest BCUT2D eigenvalue weighted by Gasteiger charge is -2.27. The van der Waals surface area contributed by atoms with E-state index in [0.29, 0.717) is 5.56 Å². The molecule has 20 heavy (non-hydrogen) atoms. The molecule has 0 unspecified atom stereocenters. The highest BCUT2D eigenvalue weighted by atomic mass is 16.3. The van der Waals surface area contributed by atoms with E-state index in [1.54, 1.807) is 13.0 Å². The fraction of sp³-hybridized carbons (Fsp3) is 0.562. The molecule has 0 heterocycles. The third kappa shape index (κ3) is 4.52. The van der Waals surface area contributed by atoms with Gasteiger partial charge < -0.3 is 14.9 Å². The highest BCUT2D eigenvalue weighted by molar-refractivity contribution is 5.58. The van der Waals surface area contributed by atoms with E-state index in [2.05, 4.69) is 36.9 Å². The van der Waals surface area contributed by atoms with E-state index in [-0.39, 0.29) is 0 Å². The third-order valence-corrected chi connectivity index (χ3v) is 3.37. The first-order valence-corrected chi connectivity index (χ1v) is 7.11. The molecule has 110 valence electrons. The molecule has 0 spiro atoms. The quantitative estimate of drug-likeness (QED) is 0.830. The number of aliphatic hydroxyl groups is 1. The van der Waals surface area contributed by atoms with Crippen LogP contribution >= 0.6 is 0 Å². The first kappa shape index (κ1) is 16.5. The Bertz CT molecular complexity index is 463. The van der Waals surface area contributed by atoms with E-state index < -0.39 is 6.10 Å². The van der Waals surface area contributed by atoms with Crippen molar-refractivity contribution in [3.05, 3.63) is 29.3 Å². The van der Waals surface area contributed by atoms with Crippen molar-refractivity contribution in [2.75, 3.05) is 38.6 Å². The zero-order chi connectivity index (χ0) is 15.1. The predicted octanol–water partition coefficient (Wildman–Crippen LogP) is 2.39. The number of aliphatic hydroxyl groups excluding tert-OH is 1. The average molecular weight is 275 g/mol. The van der Waals surface area contributed by atoms with Gasteiger partial charge in [-0.15, -0.1) is 0 Å². The second-order valence-electron chi connectivity index (χ2n) is 5.30. The van der Waals surface area contributed by atoms with Crippen LogP contribution in [0.2, 0.25) is 0 Å². The molecule has 0 saturated carbocycles. The molecular formula is C16H25N3O. The van der Waals surface area contributed by atoms with Crippen LogP contribution in [0.1, 0.15) is 37.5 Å². The molecular weight excluding hydrogens is 250 g/mol. The molecule has 0 aliphatic carbocycles. The van der Waals surface area contributed by atoms with Gasteiger partial charge in [0.2, 0.25) is 0 Å². The molecule has 0 radical (unpaired) electrons. The first-order valence-electron chi connectivity index (χ1n) is 7.11. The molecule has 1 aromatic carbocycles. The van der Waals surface area contributed by atoms with Crippen molar-refractivity contribution in [1.82, 2.24) is 4.90 Å². The Morgan fingerprint density at radius 3 is 2.50 bits per heavy atom. The van der Waals surface area contributed by atoms with Crippen LogP contribution in [0.5, 0.6) is 0 Å². The van der Waals surface area contributed by atoms with E-state index in [1.165, 1.54) is 0 Å². The van der Waals surface area contributed by atoms with Crippen LogP contribution in [0.15, 0.2) is 18.2 Å². The largest absolute Gasteiger partial charge is 0.389 e. The normalized spacial score (nSPS) is 12.2. The number of anilines is 1. The molecule has 1 atom stereocenters. The van der Waals surface area contributed by atoms with Gasteiger partial charge in [0.15, 0.2) is 0 Å². The van der Waals surface area contributed by atoms with Gasteiger partial charge >= 0.3 is 0 Å². The SMILES string of the molecule is CCN(CCCN(C)C)c1cc(C#N)ccc1[C@H](C)O. The molecule has 4 heteroatoms. The van der Waals surface area contributed by atoms with Crippen molar-refractivity contribution in [3.63, 3.8) is 0 Å². The van der Waals surface area contributed by atoms with Gasteiger partial charge in [-0.3, -0.25) is 0 Å². The Balaban J connectivity index is 2.97. The maximum absolute atomic E-state index is 9.91. The summed E-state index contributed by atoms with van der Waals surface area (Å²) >= 11 is 0. The van der Waals surface area contributed by atoms with Crippen molar-refractivity contribution in [2.24, 2.45) is 0 Å². The van der Waals surface area contributed by atoms with Gasteiger partial charge in [-0.25, -0.2) is 0 Å². The number of hydrogen-bond acceptors (Lipinski definition) is 4.